The number of rotatable bonds is 3. The first-order valence-corrected chi connectivity index (χ1v) is 5.94. The van der Waals surface area contributed by atoms with Gasteiger partial charge in [-0.25, -0.2) is 4.98 Å². The van der Waals surface area contributed by atoms with Crippen LogP contribution in [0.25, 0.3) is 0 Å². The van der Waals surface area contributed by atoms with Crippen molar-refractivity contribution >= 4 is 5.82 Å². The second kappa shape index (κ2) is 5.00. The van der Waals surface area contributed by atoms with Crippen LogP contribution < -0.4 is 4.90 Å². The maximum Gasteiger partial charge on any atom is 0.133 e. The summed E-state index contributed by atoms with van der Waals surface area (Å²) in [7, 11) is 0. The lowest BCUT2D eigenvalue weighted by molar-refractivity contribution is 0.737. The molecule has 2 rings (SSSR count). The van der Waals surface area contributed by atoms with Gasteiger partial charge in [0, 0.05) is 18.4 Å². The molecule has 0 amide bonds. The second-order valence-electron chi connectivity index (χ2n) is 4.27. The lowest BCUT2D eigenvalue weighted by Crippen LogP contribution is -2.28. The highest BCUT2D eigenvalue weighted by molar-refractivity contribution is 5.54. The molecule has 1 aromatic rings. The first kappa shape index (κ1) is 11.6. The van der Waals surface area contributed by atoms with Crippen molar-refractivity contribution < 1.29 is 0 Å². The third kappa shape index (κ3) is 2.31. The molecule has 0 bridgehead atoms. The minimum absolute atomic E-state index is 0.995. The third-order valence-electron chi connectivity index (χ3n) is 3.06. The maximum atomic E-state index is 4.44. The average Bonchev–Trinajstić information content (AvgIpc) is 2.37. The molecule has 17 heavy (non-hydrogen) atoms. The van der Waals surface area contributed by atoms with Crippen molar-refractivity contribution in [3.63, 3.8) is 0 Å². The van der Waals surface area contributed by atoms with E-state index in [0.29, 0.717) is 0 Å². The summed E-state index contributed by atoms with van der Waals surface area (Å²) in [5.41, 5.74) is 3.63. The van der Waals surface area contributed by atoms with Crippen molar-refractivity contribution in [1.29, 1.82) is 0 Å². The van der Waals surface area contributed by atoms with Gasteiger partial charge in [-0.3, -0.25) is 0 Å². The van der Waals surface area contributed by atoms with Crippen molar-refractivity contribution in [1.82, 2.24) is 4.98 Å². The molecule has 0 saturated carbocycles. The molecule has 1 aliphatic heterocycles. The van der Waals surface area contributed by atoms with Crippen LogP contribution in [-0.2, 0) is 0 Å². The van der Waals surface area contributed by atoms with Crippen LogP contribution in [0.1, 0.15) is 18.4 Å². The zero-order valence-electron chi connectivity index (χ0n) is 10.3. The van der Waals surface area contributed by atoms with E-state index in [1.165, 1.54) is 11.1 Å². The fraction of sp³-hybridized carbons (Fsp3) is 0.267. The first-order chi connectivity index (χ1) is 8.26. The van der Waals surface area contributed by atoms with Crippen molar-refractivity contribution in [3.8, 4) is 0 Å². The predicted molar refractivity (Wildman–Crippen MR) is 73.0 cm³/mol. The number of pyridine rings is 1. The molecule has 1 aromatic heterocycles. The summed E-state index contributed by atoms with van der Waals surface area (Å²) in [5, 5.41) is 0. The normalized spacial score (nSPS) is 15.9. The Labute approximate surface area is 103 Å². The molecule has 0 aliphatic carbocycles. The fourth-order valence-corrected chi connectivity index (χ4v) is 2.20. The Morgan fingerprint density at radius 2 is 2.18 bits per heavy atom. The Bertz CT molecular complexity index is 472. The van der Waals surface area contributed by atoms with E-state index in [4.69, 9.17) is 0 Å². The average molecular weight is 226 g/mol. The highest BCUT2D eigenvalue weighted by Crippen LogP contribution is 2.28. The van der Waals surface area contributed by atoms with Crippen molar-refractivity contribution in [2.75, 3.05) is 11.4 Å². The quantitative estimate of drug-likeness (QED) is 0.782. The number of allylic oxidation sites excluding steroid dienone is 3. The number of anilines is 1. The molecule has 0 fully saturated rings. The Balaban J connectivity index is 2.44. The summed E-state index contributed by atoms with van der Waals surface area (Å²) in [6.07, 6.45) is 7.90. The lowest BCUT2D eigenvalue weighted by Gasteiger charge is -2.30. The summed E-state index contributed by atoms with van der Waals surface area (Å²) in [6, 6.07) is 4.12. The molecular formula is C15H18N2. The number of hydrogen-bond acceptors (Lipinski definition) is 2. The number of aromatic nitrogens is 1. The predicted octanol–water partition coefficient (Wildman–Crippen LogP) is 3.62. The van der Waals surface area contributed by atoms with E-state index in [1.54, 1.807) is 0 Å². The molecular weight excluding hydrogens is 208 g/mol. The van der Waals surface area contributed by atoms with Gasteiger partial charge in [-0.2, -0.15) is 0 Å². The molecule has 0 radical (unpaired) electrons. The summed E-state index contributed by atoms with van der Waals surface area (Å²) in [5.74, 6) is 0.999. The molecule has 0 unspecified atom stereocenters. The minimum atomic E-state index is 0.995. The van der Waals surface area contributed by atoms with Crippen LogP contribution in [0.4, 0.5) is 5.82 Å². The first-order valence-electron chi connectivity index (χ1n) is 5.94. The summed E-state index contributed by atoms with van der Waals surface area (Å²) in [4.78, 5) is 6.66. The van der Waals surface area contributed by atoms with Gasteiger partial charge in [0.25, 0.3) is 0 Å². The SMILES string of the molecule is C=CC1=C(C=C)N(c2cc(C)ccn2)CCC1. The highest BCUT2D eigenvalue weighted by Gasteiger charge is 2.18. The molecule has 0 spiro atoms. The van der Waals surface area contributed by atoms with Gasteiger partial charge in [-0.15, -0.1) is 0 Å². The maximum absolute atomic E-state index is 4.44. The lowest BCUT2D eigenvalue weighted by atomic mass is 10.0. The smallest absolute Gasteiger partial charge is 0.133 e. The largest absolute Gasteiger partial charge is 0.326 e. The van der Waals surface area contributed by atoms with Crippen LogP contribution >= 0.6 is 0 Å². The molecule has 2 nitrogen and oxygen atoms in total. The van der Waals surface area contributed by atoms with Gasteiger partial charge in [-0.1, -0.05) is 19.2 Å². The monoisotopic (exact) mass is 226 g/mol. The van der Waals surface area contributed by atoms with E-state index in [2.05, 4.69) is 36.0 Å². The third-order valence-corrected chi connectivity index (χ3v) is 3.06. The van der Waals surface area contributed by atoms with Gasteiger partial charge < -0.3 is 4.90 Å². The standard InChI is InChI=1S/C15H18N2/c1-4-13-7-6-10-17(14(13)5-2)15-11-12(3)8-9-16-15/h4-5,8-9,11H,1-2,6-7,10H2,3H3. The Kier molecular flexibility index (Phi) is 3.43. The second-order valence-corrected chi connectivity index (χ2v) is 4.27. The van der Waals surface area contributed by atoms with Crippen LogP contribution in [0.5, 0.6) is 0 Å². The van der Waals surface area contributed by atoms with Crippen LogP contribution in [0.15, 0.2) is 54.9 Å². The van der Waals surface area contributed by atoms with Gasteiger partial charge in [-0.05, 0) is 49.1 Å². The topological polar surface area (TPSA) is 16.1 Å². The Morgan fingerprint density at radius 3 is 2.82 bits per heavy atom. The molecule has 2 heteroatoms. The number of aryl methyl sites for hydroxylation is 1. The van der Waals surface area contributed by atoms with Gasteiger partial charge in [0.1, 0.15) is 5.82 Å². The Morgan fingerprint density at radius 1 is 1.35 bits per heavy atom. The van der Waals surface area contributed by atoms with Crippen molar-refractivity contribution in [3.05, 3.63) is 60.5 Å². The van der Waals surface area contributed by atoms with Crippen LogP contribution in [0.2, 0.25) is 0 Å². The van der Waals surface area contributed by atoms with E-state index >= 15 is 0 Å². The van der Waals surface area contributed by atoms with Crippen LogP contribution in [-0.4, -0.2) is 11.5 Å². The molecule has 0 N–H and O–H groups in total. The van der Waals surface area contributed by atoms with Gasteiger partial charge in [0.05, 0.1) is 0 Å². The van der Waals surface area contributed by atoms with Crippen LogP contribution in [0.3, 0.4) is 0 Å². The summed E-state index contributed by atoms with van der Waals surface area (Å²) >= 11 is 0. The van der Waals surface area contributed by atoms with Crippen molar-refractivity contribution in [2.24, 2.45) is 0 Å². The van der Waals surface area contributed by atoms with Crippen molar-refractivity contribution in [2.45, 2.75) is 19.8 Å². The molecule has 0 saturated heterocycles. The minimum Gasteiger partial charge on any atom is -0.326 e. The van der Waals surface area contributed by atoms with Gasteiger partial charge in [0.2, 0.25) is 0 Å². The van der Waals surface area contributed by atoms with E-state index in [9.17, 15) is 0 Å². The van der Waals surface area contributed by atoms with Crippen LogP contribution in [0, 0.1) is 6.92 Å². The van der Waals surface area contributed by atoms with E-state index < -0.39 is 0 Å². The zero-order valence-corrected chi connectivity index (χ0v) is 10.3. The molecule has 0 atom stereocenters. The zero-order chi connectivity index (χ0) is 12.3. The molecule has 88 valence electrons. The number of hydrogen-bond donors (Lipinski definition) is 0. The molecule has 2 heterocycles. The van der Waals surface area contributed by atoms with E-state index in [0.717, 1.165) is 30.9 Å². The fourth-order valence-electron chi connectivity index (χ4n) is 2.20. The van der Waals surface area contributed by atoms with E-state index in [1.807, 2.05) is 24.4 Å². The number of nitrogens with zero attached hydrogens (tertiary/aromatic N) is 2. The highest BCUT2D eigenvalue weighted by atomic mass is 15.2. The Hall–Kier alpha value is -1.83. The van der Waals surface area contributed by atoms with Gasteiger partial charge in [0.15, 0.2) is 0 Å². The summed E-state index contributed by atoms with van der Waals surface area (Å²) < 4.78 is 0. The molecule has 0 aromatic carbocycles. The summed E-state index contributed by atoms with van der Waals surface area (Å²) in [6.45, 7) is 10.9. The van der Waals surface area contributed by atoms with E-state index in [-0.39, 0.29) is 0 Å². The van der Waals surface area contributed by atoms with Gasteiger partial charge >= 0.3 is 0 Å². The molecule has 1 aliphatic rings.